The van der Waals surface area contributed by atoms with E-state index < -0.39 is 15.9 Å². The van der Waals surface area contributed by atoms with Crippen molar-refractivity contribution in [1.29, 1.82) is 0 Å². The second-order valence-corrected chi connectivity index (χ2v) is 9.81. The monoisotopic (exact) mass is 496 g/mol. The van der Waals surface area contributed by atoms with Gasteiger partial charge in [0.15, 0.2) is 0 Å². The average Bonchev–Trinajstić information content (AvgIpc) is 2.86. The summed E-state index contributed by atoms with van der Waals surface area (Å²) in [4.78, 5) is 12.8. The van der Waals surface area contributed by atoms with Gasteiger partial charge in [-0.1, -0.05) is 36.8 Å². The zero-order chi connectivity index (χ0) is 25.3. The minimum absolute atomic E-state index is 0.114. The number of sulfonamides is 1. The van der Waals surface area contributed by atoms with Gasteiger partial charge < -0.3 is 14.8 Å². The van der Waals surface area contributed by atoms with Crippen LogP contribution in [0.25, 0.3) is 0 Å². The Morgan fingerprint density at radius 1 is 0.857 bits per heavy atom. The summed E-state index contributed by atoms with van der Waals surface area (Å²) in [5.41, 5.74) is 2.53. The average molecular weight is 497 g/mol. The van der Waals surface area contributed by atoms with Gasteiger partial charge in [-0.05, 0) is 74.4 Å². The van der Waals surface area contributed by atoms with Crippen molar-refractivity contribution < 1.29 is 22.7 Å². The molecule has 0 atom stereocenters. The summed E-state index contributed by atoms with van der Waals surface area (Å²) in [7, 11) is -3.97. The summed E-state index contributed by atoms with van der Waals surface area (Å²) in [5.74, 6) is 0.909. The van der Waals surface area contributed by atoms with Crippen LogP contribution in [0.4, 0.5) is 5.69 Å². The summed E-state index contributed by atoms with van der Waals surface area (Å²) in [5, 5.41) is 2.75. The maximum atomic E-state index is 13.4. The van der Waals surface area contributed by atoms with E-state index in [9.17, 15) is 13.2 Å². The molecule has 0 saturated heterocycles. The highest BCUT2D eigenvalue weighted by Crippen LogP contribution is 2.26. The van der Waals surface area contributed by atoms with Crippen LogP contribution in [0.2, 0.25) is 0 Å². The topological polar surface area (TPSA) is 84.9 Å². The number of ether oxygens (including phenoxy) is 2. The standard InChI is InChI=1S/C27H32N2O5S/c1-4-22-8-12-25(13-9-22)34-19-18-28-27(30)20-29(23-10-14-24(15-11-23)33-5-2)35(31,32)26-16-6-21(3)7-17-26/h6-17H,4-5,18-20H2,1-3H3,(H,28,30). The van der Waals surface area contributed by atoms with E-state index in [2.05, 4.69) is 12.2 Å². The Labute approximate surface area is 207 Å². The summed E-state index contributed by atoms with van der Waals surface area (Å²) in [6, 6.07) is 21.0. The second kappa shape index (κ2) is 12.3. The molecule has 3 rings (SSSR count). The van der Waals surface area contributed by atoms with Crippen molar-refractivity contribution in [3.8, 4) is 11.5 Å². The first kappa shape index (κ1) is 26.1. The van der Waals surface area contributed by atoms with Gasteiger partial charge in [-0.15, -0.1) is 0 Å². The van der Waals surface area contributed by atoms with Crippen molar-refractivity contribution in [3.05, 3.63) is 83.9 Å². The number of rotatable bonds is 12. The van der Waals surface area contributed by atoms with E-state index in [0.29, 0.717) is 18.0 Å². The molecule has 0 aromatic heterocycles. The Morgan fingerprint density at radius 2 is 1.46 bits per heavy atom. The number of nitrogens with zero attached hydrogens (tertiary/aromatic N) is 1. The van der Waals surface area contributed by atoms with Gasteiger partial charge in [0, 0.05) is 0 Å². The van der Waals surface area contributed by atoms with Crippen molar-refractivity contribution in [2.24, 2.45) is 0 Å². The molecular formula is C27H32N2O5S. The molecule has 0 heterocycles. The maximum Gasteiger partial charge on any atom is 0.264 e. The van der Waals surface area contributed by atoms with E-state index in [-0.39, 0.29) is 24.6 Å². The lowest BCUT2D eigenvalue weighted by Gasteiger charge is -2.24. The first-order valence-corrected chi connectivity index (χ1v) is 13.1. The zero-order valence-electron chi connectivity index (χ0n) is 20.4. The van der Waals surface area contributed by atoms with Crippen LogP contribution in [0.5, 0.6) is 11.5 Å². The first-order valence-electron chi connectivity index (χ1n) is 11.6. The molecule has 3 aromatic rings. The number of carbonyl (C=O) groups excluding carboxylic acids is 1. The first-order chi connectivity index (χ1) is 16.8. The highest BCUT2D eigenvalue weighted by Gasteiger charge is 2.27. The second-order valence-electron chi connectivity index (χ2n) is 7.95. The number of aryl methyl sites for hydroxylation is 2. The summed E-state index contributed by atoms with van der Waals surface area (Å²) < 4.78 is 39.1. The van der Waals surface area contributed by atoms with Crippen molar-refractivity contribution in [1.82, 2.24) is 5.32 Å². The van der Waals surface area contributed by atoms with Gasteiger partial charge in [-0.2, -0.15) is 0 Å². The van der Waals surface area contributed by atoms with Gasteiger partial charge in [0.25, 0.3) is 10.0 Å². The quantitative estimate of drug-likeness (QED) is 0.377. The van der Waals surface area contributed by atoms with Crippen LogP contribution in [0.1, 0.15) is 25.0 Å². The van der Waals surface area contributed by atoms with Gasteiger partial charge in [0.05, 0.1) is 23.7 Å². The molecule has 0 aliphatic rings. The Morgan fingerprint density at radius 3 is 2.06 bits per heavy atom. The molecule has 0 aliphatic heterocycles. The van der Waals surface area contributed by atoms with Crippen LogP contribution < -0.4 is 19.1 Å². The minimum atomic E-state index is -3.97. The van der Waals surface area contributed by atoms with E-state index in [1.807, 2.05) is 38.1 Å². The molecule has 0 unspecified atom stereocenters. The molecule has 8 heteroatoms. The van der Waals surface area contributed by atoms with Crippen molar-refractivity contribution in [3.63, 3.8) is 0 Å². The molecule has 0 fully saturated rings. The number of carbonyl (C=O) groups is 1. The fraction of sp³-hybridized carbons (Fsp3) is 0.296. The van der Waals surface area contributed by atoms with Gasteiger partial charge in [0.2, 0.25) is 5.91 Å². The van der Waals surface area contributed by atoms with Crippen LogP contribution in [0, 0.1) is 6.92 Å². The Hall–Kier alpha value is -3.52. The van der Waals surface area contributed by atoms with E-state index in [1.54, 1.807) is 48.5 Å². The number of hydrogen-bond donors (Lipinski definition) is 1. The lowest BCUT2D eigenvalue weighted by molar-refractivity contribution is -0.119. The zero-order valence-corrected chi connectivity index (χ0v) is 21.2. The lowest BCUT2D eigenvalue weighted by Crippen LogP contribution is -2.41. The van der Waals surface area contributed by atoms with Crippen molar-refractivity contribution >= 4 is 21.6 Å². The number of anilines is 1. The Balaban J connectivity index is 1.69. The maximum absolute atomic E-state index is 13.4. The molecule has 0 saturated carbocycles. The van der Waals surface area contributed by atoms with Gasteiger partial charge >= 0.3 is 0 Å². The third-order valence-corrected chi connectivity index (χ3v) is 7.14. The van der Waals surface area contributed by atoms with Crippen molar-refractivity contribution in [2.75, 3.05) is 30.6 Å². The molecule has 0 spiro atoms. The van der Waals surface area contributed by atoms with E-state index in [4.69, 9.17) is 9.47 Å². The Kier molecular flexibility index (Phi) is 9.14. The predicted molar refractivity (Wildman–Crippen MR) is 138 cm³/mol. The van der Waals surface area contributed by atoms with E-state index in [0.717, 1.165) is 22.0 Å². The smallest absolute Gasteiger partial charge is 0.264 e. The molecule has 0 bridgehead atoms. The van der Waals surface area contributed by atoms with Crippen LogP contribution in [0.15, 0.2) is 77.7 Å². The molecule has 1 amide bonds. The summed E-state index contributed by atoms with van der Waals surface area (Å²) >= 11 is 0. The number of hydrogen-bond acceptors (Lipinski definition) is 5. The number of amides is 1. The molecule has 0 aliphatic carbocycles. The third-order valence-electron chi connectivity index (χ3n) is 5.36. The normalized spacial score (nSPS) is 11.1. The molecule has 1 N–H and O–H groups in total. The molecule has 0 radical (unpaired) electrons. The van der Waals surface area contributed by atoms with Gasteiger partial charge in [-0.25, -0.2) is 8.42 Å². The van der Waals surface area contributed by atoms with Crippen LogP contribution >= 0.6 is 0 Å². The Bertz CT molecular complexity index is 1190. The molecule has 186 valence electrons. The summed E-state index contributed by atoms with van der Waals surface area (Å²) in [6.07, 6.45) is 0.951. The molecule has 35 heavy (non-hydrogen) atoms. The fourth-order valence-corrected chi connectivity index (χ4v) is 4.82. The molecular weight excluding hydrogens is 464 g/mol. The third kappa shape index (κ3) is 7.23. The SMILES string of the molecule is CCOc1ccc(N(CC(=O)NCCOc2ccc(CC)cc2)S(=O)(=O)c2ccc(C)cc2)cc1. The van der Waals surface area contributed by atoms with Crippen LogP contribution in [0.3, 0.4) is 0 Å². The van der Waals surface area contributed by atoms with E-state index in [1.165, 1.54) is 5.56 Å². The number of benzene rings is 3. The minimum Gasteiger partial charge on any atom is -0.494 e. The highest BCUT2D eigenvalue weighted by molar-refractivity contribution is 7.92. The molecule has 7 nitrogen and oxygen atoms in total. The molecule has 3 aromatic carbocycles. The van der Waals surface area contributed by atoms with Crippen molar-refractivity contribution in [2.45, 2.75) is 32.1 Å². The van der Waals surface area contributed by atoms with Gasteiger partial charge in [0.1, 0.15) is 24.7 Å². The fourth-order valence-electron chi connectivity index (χ4n) is 3.39. The summed E-state index contributed by atoms with van der Waals surface area (Å²) in [6.45, 7) is 6.49. The van der Waals surface area contributed by atoms with Gasteiger partial charge in [-0.3, -0.25) is 9.10 Å². The van der Waals surface area contributed by atoms with E-state index >= 15 is 0 Å². The lowest BCUT2D eigenvalue weighted by atomic mass is 10.2. The van der Waals surface area contributed by atoms with Crippen LogP contribution in [-0.2, 0) is 21.2 Å². The largest absolute Gasteiger partial charge is 0.494 e. The predicted octanol–water partition coefficient (Wildman–Crippen LogP) is 4.35. The van der Waals surface area contributed by atoms with Crippen LogP contribution in [-0.4, -0.2) is 40.6 Å². The highest BCUT2D eigenvalue weighted by atomic mass is 32.2. The number of nitrogens with one attached hydrogen (secondary N) is 1.